The van der Waals surface area contributed by atoms with Crippen LogP contribution in [0, 0.1) is 20.8 Å². The molecule has 0 saturated carbocycles. The summed E-state index contributed by atoms with van der Waals surface area (Å²) < 4.78 is 5.76. The van der Waals surface area contributed by atoms with Gasteiger partial charge in [0.15, 0.2) is 6.61 Å². The van der Waals surface area contributed by atoms with Crippen molar-refractivity contribution in [3.8, 4) is 5.75 Å². The quantitative estimate of drug-likeness (QED) is 0.666. The highest BCUT2D eigenvalue weighted by molar-refractivity contribution is 6.32. The van der Waals surface area contributed by atoms with Gasteiger partial charge in [0.05, 0.1) is 0 Å². The van der Waals surface area contributed by atoms with Gasteiger partial charge in [-0.25, -0.2) is 0 Å². The second-order valence-corrected chi connectivity index (χ2v) is 8.33. The van der Waals surface area contributed by atoms with E-state index in [1.165, 1.54) is 0 Å². The Morgan fingerprint density at radius 2 is 1.63 bits per heavy atom. The van der Waals surface area contributed by atoms with Crippen molar-refractivity contribution >= 4 is 23.4 Å². The lowest BCUT2D eigenvalue weighted by Crippen LogP contribution is -2.50. The number of benzene rings is 2. The third kappa shape index (κ3) is 6.23. The highest BCUT2D eigenvalue weighted by atomic mass is 35.5. The zero-order chi connectivity index (χ0) is 22.4. The van der Waals surface area contributed by atoms with E-state index < -0.39 is 6.04 Å². The van der Waals surface area contributed by atoms with Crippen molar-refractivity contribution in [1.82, 2.24) is 10.2 Å². The molecule has 2 aromatic carbocycles. The molecular formula is C24H31ClN2O3. The Bertz CT molecular complexity index is 888. The average Bonchev–Trinajstić information content (AvgIpc) is 2.68. The van der Waals surface area contributed by atoms with Crippen LogP contribution in [-0.4, -0.2) is 35.4 Å². The van der Waals surface area contributed by atoms with E-state index in [0.717, 1.165) is 22.3 Å². The highest BCUT2D eigenvalue weighted by Crippen LogP contribution is 2.26. The number of aryl methyl sites for hydroxylation is 3. The van der Waals surface area contributed by atoms with E-state index in [9.17, 15) is 9.59 Å². The van der Waals surface area contributed by atoms with Gasteiger partial charge in [-0.3, -0.25) is 9.59 Å². The summed E-state index contributed by atoms with van der Waals surface area (Å²) in [5.41, 5.74) is 3.84. The molecule has 1 unspecified atom stereocenters. The first-order valence-corrected chi connectivity index (χ1v) is 10.5. The molecule has 30 heavy (non-hydrogen) atoms. The third-order valence-corrected chi connectivity index (χ3v) is 5.57. The molecule has 0 aliphatic heterocycles. The SMILES string of the molecule is Cc1ccccc1CN(C(=O)COc1cc(C)c(Cl)c(C)c1)C(C)C(=O)NC(C)C. The van der Waals surface area contributed by atoms with E-state index in [1.54, 1.807) is 11.8 Å². The summed E-state index contributed by atoms with van der Waals surface area (Å²) in [6.45, 7) is 11.5. The number of carbonyl (C=O) groups is 2. The van der Waals surface area contributed by atoms with Crippen molar-refractivity contribution in [1.29, 1.82) is 0 Å². The zero-order valence-corrected chi connectivity index (χ0v) is 19.3. The molecule has 2 amide bonds. The maximum atomic E-state index is 13.1. The summed E-state index contributed by atoms with van der Waals surface area (Å²) in [6, 6.07) is 10.8. The van der Waals surface area contributed by atoms with Crippen molar-refractivity contribution < 1.29 is 14.3 Å². The number of nitrogens with zero attached hydrogens (tertiary/aromatic N) is 1. The molecule has 1 N–H and O–H groups in total. The van der Waals surface area contributed by atoms with Gasteiger partial charge in [0, 0.05) is 17.6 Å². The van der Waals surface area contributed by atoms with Crippen molar-refractivity contribution in [2.75, 3.05) is 6.61 Å². The molecule has 0 radical (unpaired) electrons. The molecule has 0 saturated heterocycles. The third-order valence-electron chi connectivity index (χ3n) is 4.97. The molecule has 0 heterocycles. The van der Waals surface area contributed by atoms with Gasteiger partial charge in [0.25, 0.3) is 5.91 Å². The molecule has 162 valence electrons. The Hall–Kier alpha value is -2.53. The Kier molecular flexibility index (Phi) is 8.30. The summed E-state index contributed by atoms with van der Waals surface area (Å²) in [4.78, 5) is 27.3. The first-order valence-electron chi connectivity index (χ1n) is 10.1. The van der Waals surface area contributed by atoms with Crippen LogP contribution in [0.2, 0.25) is 5.02 Å². The molecule has 2 aromatic rings. The van der Waals surface area contributed by atoms with Crippen molar-refractivity contribution in [3.63, 3.8) is 0 Å². The number of nitrogens with one attached hydrogen (secondary N) is 1. The van der Waals surface area contributed by atoms with E-state index in [-0.39, 0.29) is 24.5 Å². The summed E-state index contributed by atoms with van der Waals surface area (Å²) in [6.07, 6.45) is 0. The lowest BCUT2D eigenvalue weighted by Gasteiger charge is -2.29. The summed E-state index contributed by atoms with van der Waals surface area (Å²) in [5.74, 6) is 0.137. The number of carbonyl (C=O) groups excluding carboxylic acids is 2. The molecular weight excluding hydrogens is 400 g/mol. The van der Waals surface area contributed by atoms with Crippen molar-refractivity contribution in [2.24, 2.45) is 0 Å². The van der Waals surface area contributed by atoms with Gasteiger partial charge in [0.1, 0.15) is 11.8 Å². The van der Waals surface area contributed by atoms with Crippen LogP contribution in [0.5, 0.6) is 5.75 Å². The van der Waals surface area contributed by atoms with Crippen LogP contribution in [0.3, 0.4) is 0 Å². The van der Waals surface area contributed by atoms with Gasteiger partial charge in [-0.2, -0.15) is 0 Å². The van der Waals surface area contributed by atoms with Gasteiger partial charge >= 0.3 is 0 Å². The second kappa shape index (κ2) is 10.5. The lowest BCUT2D eigenvalue weighted by molar-refractivity contribution is -0.142. The summed E-state index contributed by atoms with van der Waals surface area (Å²) in [5, 5.41) is 3.57. The van der Waals surface area contributed by atoms with Crippen LogP contribution in [0.4, 0.5) is 0 Å². The Morgan fingerprint density at radius 1 is 1.03 bits per heavy atom. The van der Waals surface area contributed by atoms with Crippen LogP contribution < -0.4 is 10.1 Å². The maximum absolute atomic E-state index is 13.1. The van der Waals surface area contributed by atoms with Crippen LogP contribution in [0.25, 0.3) is 0 Å². The topological polar surface area (TPSA) is 58.6 Å². The molecule has 1 atom stereocenters. The summed E-state index contributed by atoms with van der Waals surface area (Å²) in [7, 11) is 0. The Labute approximate surface area is 184 Å². The van der Waals surface area contributed by atoms with E-state index in [0.29, 0.717) is 17.3 Å². The molecule has 0 aliphatic carbocycles. The van der Waals surface area contributed by atoms with Crippen molar-refractivity contribution in [3.05, 3.63) is 63.7 Å². The molecule has 0 aromatic heterocycles. The molecule has 0 aliphatic rings. The molecule has 0 spiro atoms. The molecule has 0 fully saturated rings. The van der Waals surface area contributed by atoms with E-state index in [1.807, 2.05) is 71.0 Å². The molecule has 6 heteroatoms. The Balaban J connectivity index is 2.21. The fourth-order valence-corrected chi connectivity index (χ4v) is 3.29. The van der Waals surface area contributed by atoms with Crippen LogP contribution >= 0.6 is 11.6 Å². The number of rotatable bonds is 8. The molecule has 2 rings (SSSR count). The van der Waals surface area contributed by atoms with E-state index in [2.05, 4.69) is 5.32 Å². The van der Waals surface area contributed by atoms with Crippen LogP contribution in [0.15, 0.2) is 36.4 Å². The lowest BCUT2D eigenvalue weighted by atomic mass is 10.1. The normalized spacial score (nSPS) is 11.9. The highest BCUT2D eigenvalue weighted by Gasteiger charge is 2.27. The molecule has 0 bridgehead atoms. The summed E-state index contributed by atoms with van der Waals surface area (Å²) >= 11 is 6.21. The smallest absolute Gasteiger partial charge is 0.261 e. The molecule has 5 nitrogen and oxygen atoms in total. The fraction of sp³-hybridized carbons (Fsp3) is 0.417. The van der Waals surface area contributed by atoms with Crippen molar-refractivity contribution in [2.45, 2.75) is 60.2 Å². The first-order chi connectivity index (χ1) is 14.1. The largest absolute Gasteiger partial charge is 0.484 e. The minimum Gasteiger partial charge on any atom is -0.484 e. The van der Waals surface area contributed by atoms with Crippen LogP contribution in [-0.2, 0) is 16.1 Å². The van der Waals surface area contributed by atoms with Gasteiger partial charge in [-0.15, -0.1) is 0 Å². The number of hydrogen-bond acceptors (Lipinski definition) is 3. The zero-order valence-electron chi connectivity index (χ0n) is 18.6. The van der Waals surface area contributed by atoms with Gasteiger partial charge < -0.3 is 15.0 Å². The van der Waals surface area contributed by atoms with E-state index >= 15 is 0 Å². The second-order valence-electron chi connectivity index (χ2n) is 7.95. The van der Waals surface area contributed by atoms with Crippen LogP contribution in [0.1, 0.15) is 43.0 Å². The standard InChI is InChI=1S/C24H31ClN2O3/c1-15(2)26-24(29)19(6)27(13-20-10-8-7-9-16(20)3)22(28)14-30-21-11-17(4)23(25)18(5)12-21/h7-12,15,19H,13-14H2,1-6H3,(H,26,29). The van der Waals surface area contributed by atoms with Gasteiger partial charge in [-0.1, -0.05) is 35.9 Å². The predicted octanol–water partition coefficient (Wildman–Crippen LogP) is 4.59. The average molecular weight is 431 g/mol. The number of amides is 2. The maximum Gasteiger partial charge on any atom is 0.261 e. The van der Waals surface area contributed by atoms with Gasteiger partial charge in [-0.05, 0) is 75.9 Å². The Morgan fingerprint density at radius 3 is 2.20 bits per heavy atom. The number of ether oxygens (including phenoxy) is 1. The minimum absolute atomic E-state index is 0.00775. The minimum atomic E-state index is -0.628. The number of halogens is 1. The number of hydrogen-bond donors (Lipinski definition) is 1. The predicted molar refractivity (Wildman–Crippen MR) is 121 cm³/mol. The van der Waals surface area contributed by atoms with E-state index in [4.69, 9.17) is 16.3 Å². The van der Waals surface area contributed by atoms with Gasteiger partial charge in [0.2, 0.25) is 5.91 Å². The monoisotopic (exact) mass is 430 g/mol. The first kappa shape index (κ1) is 23.7. The fourth-order valence-electron chi connectivity index (χ4n) is 3.18.